The molecule has 0 radical (unpaired) electrons. The number of aromatic nitrogens is 2. The summed E-state index contributed by atoms with van der Waals surface area (Å²) in [5, 5.41) is 0.828. The number of fused-ring (bicyclic) bond motifs is 1. The van der Waals surface area contributed by atoms with Gasteiger partial charge >= 0.3 is 0 Å². The third-order valence-corrected chi connectivity index (χ3v) is 5.60. The molecule has 8 heteroatoms. The standard InChI is InChI=1S/C23H24FN3O3S/c1-4-15-9-18(27-31(2,3)28)12-21-23(15)20(25-14-26-21)10-16-5-6-17(24)11-22(16)30-19-7-8-29-13-19/h4-6,9,11-12,14,19H,1,7-8,10,13H2,2-3H3/t19-/m0/s1. The Morgan fingerprint density at radius 3 is 2.87 bits per heavy atom. The maximum absolute atomic E-state index is 13.9. The molecule has 0 aliphatic carbocycles. The lowest BCUT2D eigenvalue weighted by Crippen LogP contribution is -2.17. The predicted octanol–water partition coefficient (Wildman–Crippen LogP) is 4.53. The van der Waals surface area contributed by atoms with Gasteiger partial charge in [0.15, 0.2) is 0 Å². The molecule has 0 unspecified atom stereocenters. The molecule has 0 amide bonds. The largest absolute Gasteiger partial charge is 0.488 e. The molecule has 0 saturated carbocycles. The quantitative estimate of drug-likeness (QED) is 0.562. The molecule has 1 aliphatic rings. The van der Waals surface area contributed by atoms with Crippen molar-refractivity contribution in [1.82, 2.24) is 9.97 Å². The van der Waals surface area contributed by atoms with Crippen molar-refractivity contribution >= 4 is 32.4 Å². The maximum Gasteiger partial charge on any atom is 0.126 e. The van der Waals surface area contributed by atoms with Crippen LogP contribution in [0.2, 0.25) is 0 Å². The number of hydrogen-bond acceptors (Lipinski definition) is 6. The molecule has 2 aromatic carbocycles. The number of halogens is 1. The fraction of sp³-hybridized carbons (Fsp3) is 0.304. The van der Waals surface area contributed by atoms with Crippen LogP contribution >= 0.6 is 0 Å². The van der Waals surface area contributed by atoms with Crippen LogP contribution in [0.15, 0.2) is 47.6 Å². The molecule has 1 aromatic heterocycles. The van der Waals surface area contributed by atoms with E-state index in [4.69, 9.17) is 9.47 Å². The summed E-state index contributed by atoms with van der Waals surface area (Å²) < 4.78 is 41.7. The molecule has 3 aromatic rings. The van der Waals surface area contributed by atoms with E-state index in [1.54, 1.807) is 30.7 Å². The summed E-state index contributed by atoms with van der Waals surface area (Å²) >= 11 is 0. The van der Waals surface area contributed by atoms with Crippen LogP contribution in [0.4, 0.5) is 10.1 Å². The van der Waals surface area contributed by atoms with E-state index >= 15 is 0 Å². The smallest absolute Gasteiger partial charge is 0.126 e. The molecule has 2 heterocycles. The molecular weight excluding hydrogens is 417 g/mol. The van der Waals surface area contributed by atoms with Crippen molar-refractivity contribution in [2.24, 2.45) is 4.36 Å². The molecule has 0 N–H and O–H groups in total. The highest BCUT2D eigenvalue weighted by Crippen LogP contribution is 2.31. The maximum atomic E-state index is 13.9. The Hall–Kier alpha value is -2.84. The van der Waals surface area contributed by atoms with Crippen molar-refractivity contribution < 1.29 is 18.1 Å². The number of ether oxygens (including phenoxy) is 2. The van der Waals surface area contributed by atoms with E-state index in [1.807, 2.05) is 6.07 Å². The zero-order chi connectivity index (χ0) is 22.0. The minimum atomic E-state index is -2.32. The zero-order valence-electron chi connectivity index (χ0n) is 17.5. The summed E-state index contributed by atoms with van der Waals surface area (Å²) in [5.74, 6) is 0.136. The molecule has 6 nitrogen and oxygen atoms in total. The van der Waals surface area contributed by atoms with Gasteiger partial charge in [-0.15, -0.1) is 0 Å². The fourth-order valence-corrected chi connectivity index (χ4v) is 4.24. The lowest BCUT2D eigenvalue weighted by molar-refractivity contribution is 0.140. The Kier molecular flexibility index (Phi) is 6.02. The average molecular weight is 442 g/mol. The first-order valence-electron chi connectivity index (χ1n) is 9.92. The molecule has 31 heavy (non-hydrogen) atoms. The zero-order valence-corrected chi connectivity index (χ0v) is 18.3. The molecule has 1 atom stereocenters. The second-order valence-corrected chi connectivity index (χ2v) is 10.3. The topological polar surface area (TPSA) is 73.7 Å². The van der Waals surface area contributed by atoms with Crippen LogP contribution < -0.4 is 4.74 Å². The molecule has 1 fully saturated rings. The first-order chi connectivity index (χ1) is 14.8. The monoisotopic (exact) mass is 441 g/mol. The highest BCUT2D eigenvalue weighted by Gasteiger charge is 2.20. The molecule has 0 bridgehead atoms. The van der Waals surface area contributed by atoms with Crippen LogP contribution in [0.3, 0.4) is 0 Å². The Bertz CT molecular complexity index is 1250. The van der Waals surface area contributed by atoms with Gasteiger partial charge < -0.3 is 9.47 Å². The van der Waals surface area contributed by atoms with Crippen LogP contribution in [0.25, 0.3) is 17.0 Å². The number of rotatable bonds is 6. The average Bonchev–Trinajstić information content (AvgIpc) is 3.21. The van der Waals surface area contributed by atoms with E-state index in [9.17, 15) is 8.60 Å². The van der Waals surface area contributed by atoms with E-state index in [0.717, 1.165) is 28.6 Å². The summed E-state index contributed by atoms with van der Waals surface area (Å²) in [6.07, 6.45) is 7.48. The second-order valence-electron chi connectivity index (χ2n) is 7.76. The van der Waals surface area contributed by atoms with E-state index in [0.29, 0.717) is 36.6 Å². The van der Waals surface area contributed by atoms with Gasteiger partial charge in [-0.3, -0.25) is 0 Å². The minimum Gasteiger partial charge on any atom is -0.488 e. The summed E-state index contributed by atoms with van der Waals surface area (Å²) in [6.45, 7) is 5.05. The van der Waals surface area contributed by atoms with E-state index in [1.165, 1.54) is 18.5 Å². The van der Waals surface area contributed by atoms with E-state index < -0.39 is 9.73 Å². The van der Waals surface area contributed by atoms with Crippen molar-refractivity contribution in [2.45, 2.75) is 18.9 Å². The van der Waals surface area contributed by atoms with E-state index in [2.05, 4.69) is 20.9 Å². The van der Waals surface area contributed by atoms with Gasteiger partial charge in [0, 0.05) is 52.1 Å². The van der Waals surface area contributed by atoms with Gasteiger partial charge in [0.1, 0.15) is 24.0 Å². The van der Waals surface area contributed by atoms with Gasteiger partial charge in [-0.2, -0.15) is 4.36 Å². The van der Waals surface area contributed by atoms with Crippen molar-refractivity contribution in [1.29, 1.82) is 0 Å². The van der Waals surface area contributed by atoms with Crippen LogP contribution in [0, 0.1) is 5.82 Å². The normalized spacial score (nSPS) is 16.4. The summed E-state index contributed by atoms with van der Waals surface area (Å²) in [7, 11) is -2.32. The lowest BCUT2D eigenvalue weighted by atomic mass is 10.0. The third-order valence-electron chi connectivity index (χ3n) is 4.95. The molecule has 1 aliphatic heterocycles. The molecule has 1 saturated heterocycles. The van der Waals surface area contributed by atoms with Gasteiger partial charge in [-0.05, 0) is 23.8 Å². The van der Waals surface area contributed by atoms with Gasteiger partial charge in [0.2, 0.25) is 0 Å². The Labute approximate surface area is 181 Å². The van der Waals surface area contributed by atoms with Gasteiger partial charge in [0.05, 0.1) is 30.1 Å². The fourth-order valence-electron chi connectivity index (χ4n) is 3.63. The summed E-state index contributed by atoms with van der Waals surface area (Å²) in [5.41, 5.74) is 3.64. The second kappa shape index (κ2) is 8.72. The van der Waals surface area contributed by atoms with Gasteiger partial charge in [-0.1, -0.05) is 18.7 Å². The molecule has 0 spiro atoms. The summed E-state index contributed by atoms with van der Waals surface area (Å²) in [4.78, 5) is 8.87. The number of hydrogen-bond donors (Lipinski definition) is 0. The van der Waals surface area contributed by atoms with Gasteiger partial charge in [0.25, 0.3) is 0 Å². The Morgan fingerprint density at radius 1 is 1.32 bits per heavy atom. The first-order valence-corrected chi connectivity index (χ1v) is 12.3. The van der Waals surface area contributed by atoms with Crippen LogP contribution in [-0.4, -0.2) is 46.0 Å². The van der Waals surface area contributed by atoms with Crippen LogP contribution in [-0.2, 0) is 20.9 Å². The van der Waals surface area contributed by atoms with Crippen LogP contribution in [0.1, 0.15) is 23.2 Å². The summed E-state index contributed by atoms with van der Waals surface area (Å²) in [6, 6.07) is 8.16. The molecule has 162 valence electrons. The third kappa shape index (κ3) is 5.08. The number of nitrogens with zero attached hydrogens (tertiary/aromatic N) is 3. The molecule has 4 rings (SSSR count). The minimum absolute atomic E-state index is 0.0893. The SMILES string of the molecule is C=Cc1cc(N=S(C)(C)=O)cc2ncnc(Cc3ccc(F)cc3O[C@H]3CCOC3)c12. The Balaban J connectivity index is 1.77. The van der Waals surface area contributed by atoms with Crippen molar-refractivity contribution in [3.8, 4) is 5.75 Å². The first kappa shape index (κ1) is 21.4. The van der Waals surface area contributed by atoms with E-state index in [-0.39, 0.29) is 11.9 Å². The lowest BCUT2D eigenvalue weighted by Gasteiger charge is -2.16. The molecular formula is C23H24FN3O3S. The highest BCUT2D eigenvalue weighted by atomic mass is 32.2. The van der Waals surface area contributed by atoms with Crippen molar-refractivity contribution in [3.05, 3.63) is 65.9 Å². The van der Waals surface area contributed by atoms with Gasteiger partial charge in [-0.25, -0.2) is 18.6 Å². The number of benzene rings is 2. The highest BCUT2D eigenvalue weighted by molar-refractivity contribution is 7.92. The van der Waals surface area contributed by atoms with Crippen molar-refractivity contribution in [2.75, 3.05) is 25.7 Å². The Morgan fingerprint density at radius 2 is 2.16 bits per heavy atom. The predicted molar refractivity (Wildman–Crippen MR) is 121 cm³/mol. The van der Waals surface area contributed by atoms with Crippen LogP contribution in [0.5, 0.6) is 5.75 Å². The van der Waals surface area contributed by atoms with Crippen molar-refractivity contribution in [3.63, 3.8) is 0 Å².